The molecule has 2 aliphatic heterocycles. The third-order valence-corrected chi connectivity index (χ3v) is 9.39. The van der Waals surface area contributed by atoms with Crippen molar-refractivity contribution in [2.45, 2.75) is 36.7 Å². The molecule has 1 amide bonds. The van der Waals surface area contributed by atoms with Gasteiger partial charge in [-0.3, -0.25) is 9.89 Å². The van der Waals surface area contributed by atoms with E-state index in [0.717, 1.165) is 41.5 Å². The SMILES string of the molecule is CN(C)c1ccc(C(=O)Nc2n[nH]c3c2CN(S(=O)(=O)c2cc(F)cc(F)c2)CC3)c(NCC2CCCN2C)c1. The van der Waals surface area contributed by atoms with E-state index in [1.807, 2.05) is 31.1 Å². The Morgan fingerprint density at radius 3 is 2.58 bits per heavy atom. The van der Waals surface area contributed by atoms with E-state index < -0.39 is 32.5 Å². The number of benzene rings is 2. The number of nitrogens with zero attached hydrogens (tertiary/aromatic N) is 4. The van der Waals surface area contributed by atoms with Crippen molar-refractivity contribution in [3.05, 3.63) is 64.9 Å². The lowest BCUT2D eigenvalue weighted by Crippen LogP contribution is -2.36. The normalized spacial score (nSPS) is 18.0. The van der Waals surface area contributed by atoms with E-state index in [2.05, 4.69) is 32.8 Å². The third kappa shape index (κ3) is 5.67. The highest BCUT2D eigenvalue weighted by atomic mass is 32.2. The van der Waals surface area contributed by atoms with Gasteiger partial charge < -0.3 is 20.4 Å². The molecule has 3 N–H and O–H groups in total. The first kappa shape index (κ1) is 28.0. The Hall–Kier alpha value is -3.55. The van der Waals surface area contributed by atoms with Crippen molar-refractivity contribution in [1.82, 2.24) is 19.4 Å². The monoisotopic (exact) mass is 573 g/mol. The zero-order valence-corrected chi connectivity index (χ0v) is 23.5. The average Bonchev–Trinajstić information content (AvgIpc) is 3.51. The van der Waals surface area contributed by atoms with Crippen LogP contribution in [-0.2, 0) is 23.0 Å². The van der Waals surface area contributed by atoms with Crippen molar-refractivity contribution >= 4 is 33.1 Å². The van der Waals surface area contributed by atoms with Crippen LogP contribution in [0.1, 0.15) is 34.5 Å². The maximum atomic E-state index is 13.8. The molecule has 3 aromatic rings. The zero-order chi connectivity index (χ0) is 28.6. The van der Waals surface area contributed by atoms with E-state index in [-0.39, 0.29) is 18.9 Å². The first-order valence-electron chi connectivity index (χ1n) is 13.1. The summed E-state index contributed by atoms with van der Waals surface area (Å²) in [6.45, 7) is 1.72. The van der Waals surface area contributed by atoms with Crippen LogP contribution < -0.4 is 15.5 Å². The molecule has 1 unspecified atom stereocenters. The van der Waals surface area contributed by atoms with Gasteiger partial charge in [-0.25, -0.2) is 17.2 Å². The number of halogens is 2. The number of aromatic nitrogens is 2. The Labute approximate surface area is 232 Å². The van der Waals surface area contributed by atoms with Crippen molar-refractivity contribution in [2.24, 2.45) is 0 Å². The number of H-pyrrole nitrogens is 1. The first-order valence-corrected chi connectivity index (χ1v) is 14.6. The minimum Gasteiger partial charge on any atom is -0.383 e. The Morgan fingerprint density at radius 1 is 1.15 bits per heavy atom. The smallest absolute Gasteiger partial charge is 0.258 e. The van der Waals surface area contributed by atoms with E-state index in [9.17, 15) is 22.0 Å². The largest absolute Gasteiger partial charge is 0.383 e. The molecular formula is C27H33F2N7O3S. The predicted octanol–water partition coefficient (Wildman–Crippen LogP) is 3.26. The highest BCUT2D eigenvalue weighted by Crippen LogP contribution is 2.30. The van der Waals surface area contributed by atoms with Crippen LogP contribution in [0, 0.1) is 11.6 Å². The lowest BCUT2D eigenvalue weighted by atomic mass is 10.1. The van der Waals surface area contributed by atoms with Crippen LogP contribution in [0.5, 0.6) is 0 Å². The summed E-state index contributed by atoms with van der Waals surface area (Å²) >= 11 is 0. The molecule has 0 bridgehead atoms. The summed E-state index contributed by atoms with van der Waals surface area (Å²) < 4.78 is 55.0. The Balaban J connectivity index is 1.37. The van der Waals surface area contributed by atoms with Crippen molar-refractivity contribution < 1.29 is 22.0 Å². The second-order valence-electron chi connectivity index (χ2n) is 10.5. The molecule has 10 nitrogen and oxygen atoms in total. The molecular weight excluding hydrogens is 540 g/mol. The van der Waals surface area contributed by atoms with E-state index >= 15 is 0 Å². The summed E-state index contributed by atoms with van der Waals surface area (Å²) in [6, 6.07) is 8.11. The average molecular weight is 574 g/mol. The van der Waals surface area contributed by atoms with Crippen LogP contribution in [0.4, 0.5) is 26.0 Å². The molecule has 214 valence electrons. The number of hydrogen-bond acceptors (Lipinski definition) is 7. The number of aromatic amines is 1. The highest BCUT2D eigenvalue weighted by Gasteiger charge is 2.32. The summed E-state index contributed by atoms with van der Waals surface area (Å²) in [7, 11) is 1.77. The van der Waals surface area contributed by atoms with Gasteiger partial charge in [-0.2, -0.15) is 9.40 Å². The van der Waals surface area contributed by atoms with Crippen LogP contribution in [0.15, 0.2) is 41.3 Å². The molecule has 0 spiro atoms. The molecule has 1 saturated heterocycles. The number of amides is 1. The van der Waals surface area contributed by atoms with Crippen LogP contribution in [0.3, 0.4) is 0 Å². The summed E-state index contributed by atoms with van der Waals surface area (Å²) in [4.78, 5) is 17.3. The Morgan fingerprint density at radius 2 is 1.90 bits per heavy atom. The number of fused-ring (bicyclic) bond motifs is 1. The maximum Gasteiger partial charge on any atom is 0.258 e. The van der Waals surface area contributed by atoms with Gasteiger partial charge in [0.25, 0.3) is 5.91 Å². The number of likely N-dealkylation sites (N-methyl/N-ethyl adjacent to an activating group) is 1. The third-order valence-electron chi connectivity index (χ3n) is 7.57. The molecule has 0 radical (unpaired) electrons. The van der Waals surface area contributed by atoms with Crippen molar-refractivity contribution in [3.63, 3.8) is 0 Å². The number of rotatable bonds is 8. The highest BCUT2D eigenvalue weighted by molar-refractivity contribution is 7.89. The quantitative estimate of drug-likeness (QED) is 0.379. The molecule has 2 aromatic carbocycles. The fourth-order valence-electron chi connectivity index (χ4n) is 5.20. The summed E-state index contributed by atoms with van der Waals surface area (Å²) in [6.07, 6.45) is 2.52. The topological polar surface area (TPSA) is 114 Å². The van der Waals surface area contributed by atoms with Gasteiger partial charge in [-0.05, 0) is 56.8 Å². The molecule has 13 heteroatoms. The van der Waals surface area contributed by atoms with Crippen molar-refractivity contribution in [1.29, 1.82) is 0 Å². The van der Waals surface area contributed by atoms with Gasteiger partial charge in [0.15, 0.2) is 5.82 Å². The molecule has 1 fully saturated rings. The molecule has 3 heterocycles. The van der Waals surface area contributed by atoms with E-state index in [1.54, 1.807) is 6.07 Å². The second kappa shape index (κ2) is 11.1. The van der Waals surface area contributed by atoms with Crippen LogP contribution in [0.25, 0.3) is 0 Å². The molecule has 5 rings (SSSR count). The van der Waals surface area contributed by atoms with E-state index in [0.29, 0.717) is 47.6 Å². The maximum absolute atomic E-state index is 13.8. The number of anilines is 3. The standard InChI is InChI=1S/C27H33F2N7O3S/c1-34(2)19-6-7-22(25(14-19)30-15-20-5-4-9-35(20)3)27(37)31-26-23-16-36(10-8-24(23)32-33-26)40(38,39)21-12-17(28)11-18(29)13-21/h6-7,11-14,20,30H,4-5,8-10,15-16H2,1-3H3,(H2,31,32,33,37). The fraction of sp³-hybridized carbons (Fsp3) is 0.407. The number of nitrogens with one attached hydrogen (secondary N) is 3. The summed E-state index contributed by atoms with van der Waals surface area (Å²) in [5.41, 5.74) is 3.25. The predicted molar refractivity (Wildman–Crippen MR) is 149 cm³/mol. The Kier molecular flexibility index (Phi) is 7.80. The number of carbonyl (C=O) groups is 1. The van der Waals surface area contributed by atoms with Gasteiger partial charge in [-0.15, -0.1) is 0 Å². The first-order chi connectivity index (χ1) is 19.0. The van der Waals surface area contributed by atoms with Crippen LogP contribution >= 0.6 is 0 Å². The van der Waals surface area contributed by atoms with Crippen molar-refractivity contribution in [2.75, 3.05) is 56.3 Å². The van der Waals surface area contributed by atoms with E-state index in [1.165, 1.54) is 0 Å². The molecule has 1 atom stereocenters. The molecule has 40 heavy (non-hydrogen) atoms. The number of sulfonamides is 1. The number of hydrogen-bond donors (Lipinski definition) is 3. The lowest BCUT2D eigenvalue weighted by Gasteiger charge is -2.26. The lowest BCUT2D eigenvalue weighted by molar-refractivity contribution is 0.102. The minimum absolute atomic E-state index is 0.0960. The van der Waals surface area contributed by atoms with E-state index in [4.69, 9.17) is 0 Å². The molecule has 2 aliphatic rings. The summed E-state index contributed by atoms with van der Waals surface area (Å²) in [5, 5.41) is 13.4. The van der Waals surface area contributed by atoms with Gasteiger partial charge in [0.05, 0.1) is 10.5 Å². The second-order valence-corrected chi connectivity index (χ2v) is 12.4. The number of carbonyl (C=O) groups excluding carboxylic acids is 1. The fourth-order valence-corrected chi connectivity index (χ4v) is 6.65. The van der Waals surface area contributed by atoms with Crippen LogP contribution in [0.2, 0.25) is 0 Å². The molecule has 0 saturated carbocycles. The molecule has 1 aromatic heterocycles. The molecule has 0 aliphatic carbocycles. The van der Waals surface area contributed by atoms with Crippen molar-refractivity contribution in [3.8, 4) is 0 Å². The van der Waals surface area contributed by atoms with Gasteiger partial charge in [0.1, 0.15) is 11.6 Å². The zero-order valence-electron chi connectivity index (χ0n) is 22.7. The van der Waals surface area contributed by atoms with Crippen LogP contribution in [-0.4, -0.2) is 80.5 Å². The number of likely N-dealkylation sites (tertiary alicyclic amines) is 1. The Bertz CT molecular complexity index is 1510. The van der Waals surface area contributed by atoms with Gasteiger partial charge in [-0.1, -0.05) is 0 Å². The summed E-state index contributed by atoms with van der Waals surface area (Å²) in [5.74, 6) is -2.13. The van der Waals surface area contributed by atoms with Gasteiger partial charge >= 0.3 is 0 Å². The minimum atomic E-state index is -4.18. The van der Waals surface area contributed by atoms with Gasteiger partial charge in [0, 0.05) is 74.9 Å². The van der Waals surface area contributed by atoms with Gasteiger partial charge in [0.2, 0.25) is 10.0 Å².